The highest BCUT2D eigenvalue weighted by Gasteiger charge is 2.19. The summed E-state index contributed by atoms with van der Waals surface area (Å²) in [5.74, 6) is -0.172. The van der Waals surface area contributed by atoms with Crippen molar-refractivity contribution in [1.82, 2.24) is 4.31 Å². The topological polar surface area (TPSA) is 71.5 Å². The first-order chi connectivity index (χ1) is 8.21. The zero-order valence-electron chi connectivity index (χ0n) is 10.00. The summed E-state index contributed by atoms with van der Waals surface area (Å²) in [6.45, 7) is 0. The van der Waals surface area contributed by atoms with Crippen LogP contribution in [0.3, 0.4) is 0 Å². The van der Waals surface area contributed by atoms with Crippen LogP contribution in [0.5, 0.6) is 0 Å². The van der Waals surface area contributed by atoms with Crippen molar-refractivity contribution in [2.75, 3.05) is 25.7 Å². The van der Waals surface area contributed by atoms with Crippen LogP contribution in [0.1, 0.15) is 0 Å². The summed E-state index contributed by atoms with van der Waals surface area (Å²) in [5, 5.41) is 0. The number of halogens is 1. The quantitative estimate of drug-likeness (QED) is 0.759. The van der Waals surface area contributed by atoms with Crippen LogP contribution in [0.2, 0.25) is 0 Å². The second-order valence-electron chi connectivity index (χ2n) is 3.77. The van der Waals surface area contributed by atoms with Crippen molar-refractivity contribution in [3.8, 4) is 0 Å². The summed E-state index contributed by atoms with van der Waals surface area (Å²) >= 11 is 5.40. The number of alkyl halides is 1. The lowest BCUT2D eigenvalue weighted by atomic mass is 10.4. The van der Waals surface area contributed by atoms with E-state index in [0.29, 0.717) is 0 Å². The minimum absolute atomic E-state index is 0.0000805. The van der Waals surface area contributed by atoms with Gasteiger partial charge in [0.15, 0.2) is 9.84 Å². The van der Waals surface area contributed by atoms with Gasteiger partial charge in [0.2, 0.25) is 10.0 Å². The van der Waals surface area contributed by atoms with E-state index in [1.807, 2.05) is 0 Å². The third-order valence-electron chi connectivity index (χ3n) is 2.31. The van der Waals surface area contributed by atoms with Gasteiger partial charge in [-0.3, -0.25) is 0 Å². The molecule has 5 nitrogen and oxygen atoms in total. The highest BCUT2D eigenvalue weighted by atomic mass is 35.5. The summed E-state index contributed by atoms with van der Waals surface area (Å²) in [6, 6.07) is 5.10. The van der Waals surface area contributed by atoms with Crippen LogP contribution in [0.4, 0.5) is 0 Å². The molecule has 0 bridgehead atoms. The van der Waals surface area contributed by atoms with Crippen molar-refractivity contribution in [3.63, 3.8) is 0 Å². The van der Waals surface area contributed by atoms with E-state index < -0.39 is 19.9 Å². The normalized spacial score (nSPS) is 12.9. The molecule has 0 aliphatic heterocycles. The SMILES string of the molecule is CN(C)S(=O)(=O)c1ccc(S(=O)(=O)CCCl)cc1. The molecular weight excluding hydrogens is 298 g/mol. The molecule has 0 aliphatic rings. The minimum Gasteiger partial charge on any atom is -0.224 e. The van der Waals surface area contributed by atoms with Gasteiger partial charge in [0, 0.05) is 20.0 Å². The van der Waals surface area contributed by atoms with Gasteiger partial charge >= 0.3 is 0 Å². The maximum atomic E-state index is 11.8. The Balaban J connectivity index is 3.16. The number of sulfonamides is 1. The van der Waals surface area contributed by atoms with Gasteiger partial charge in [-0.2, -0.15) is 0 Å². The number of hydrogen-bond acceptors (Lipinski definition) is 4. The van der Waals surface area contributed by atoms with Gasteiger partial charge in [-0.1, -0.05) is 0 Å². The predicted molar refractivity (Wildman–Crippen MR) is 70.1 cm³/mol. The highest BCUT2D eigenvalue weighted by molar-refractivity contribution is 7.91. The summed E-state index contributed by atoms with van der Waals surface area (Å²) in [5.41, 5.74) is 0. The zero-order chi connectivity index (χ0) is 14.0. The summed E-state index contributed by atoms with van der Waals surface area (Å²) in [7, 11) is -4.15. The average Bonchev–Trinajstić information content (AvgIpc) is 2.29. The Hall–Kier alpha value is -0.630. The third-order valence-corrected chi connectivity index (χ3v) is 6.28. The van der Waals surface area contributed by atoms with Gasteiger partial charge in [0.25, 0.3) is 0 Å². The number of sulfone groups is 1. The Labute approximate surface area is 112 Å². The standard InChI is InChI=1S/C10H14ClNO4S2/c1-12(2)18(15,16)10-5-3-9(4-6-10)17(13,14)8-7-11/h3-6H,7-8H2,1-2H3. The molecule has 8 heteroatoms. The molecule has 0 heterocycles. The smallest absolute Gasteiger partial charge is 0.224 e. The van der Waals surface area contributed by atoms with Crippen LogP contribution in [0.15, 0.2) is 34.1 Å². The lowest BCUT2D eigenvalue weighted by Crippen LogP contribution is -2.22. The summed E-state index contributed by atoms with van der Waals surface area (Å²) in [4.78, 5) is 0.123. The maximum absolute atomic E-state index is 11.8. The molecule has 0 aliphatic carbocycles. The van der Waals surface area contributed by atoms with E-state index >= 15 is 0 Å². The predicted octanol–water partition coefficient (Wildman–Crippen LogP) is 0.949. The van der Waals surface area contributed by atoms with E-state index in [-0.39, 0.29) is 21.4 Å². The first-order valence-corrected chi connectivity index (χ1v) is 8.66. The Kier molecular flexibility index (Phi) is 4.77. The highest BCUT2D eigenvalue weighted by Crippen LogP contribution is 2.17. The van der Waals surface area contributed by atoms with Crippen LogP contribution < -0.4 is 0 Å². The molecule has 0 spiro atoms. The van der Waals surface area contributed by atoms with Crippen molar-refractivity contribution >= 4 is 31.5 Å². The van der Waals surface area contributed by atoms with Crippen LogP contribution in [-0.2, 0) is 19.9 Å². The fraction of sp³-hybridized carbons (Fsp3) is 0.400. The molecule has 0 amide bonds. The first-order valence-electron chi connectivity index (χ1n) is 5.03. The van der Waals surface area contributed by atoms with Gasteiger partial charge in [0.1, 0.15) is 0 Å². The molecule has 0 unspecified atom stereocenters. The third kappa shape index (κ3) is 3.23. The zero-order valence-corrected chi connectivity index (χ0v) is 12.4. The van der Waals surface area contributed by atoms with Gasteiger partial charge in [-0.05, 0) is 24.3 Å². The van der Waals surface area contributed by atoms with Crippen LogP contribution >= 0.6 is 11.6 Å². The fourth-order valence-corrected chi connectivity index (χ4v) is 3.75. The second kappa shape index (κ2) is 5.56. The lowest BCUT2D eigenvalue weighted by Gasteiger charge is -2.11. The molecule has 0 radical (unpaired) electrons. The van der Waals surface area contributed by atoms with E-state index in [1.165, 1.54) is 38.4 Å². The van der Waals surface area contributed by atoms with E-state index in [1.54, 1.807) is 0 Å². The van der Waals surface area contributed by atoms with Gasteiger partial charge in [-0.25, -0.2) is 21.1 Å². The minimum atomic E-state index is -3.54. The number of hydrogen-bond donors (Lipinski definition) is 0. The van der Waals surface area contributed by atoms with Crippen molar-refractivity contribution in [2.24, 2.45) is 0 Å². The van der Waals surface area contributed by atoms with Gasteiger partial charge in [-0.15, -0.1) is 11.6 Å². The molecule has 1 rings (SSSR count). The molecule has 0 saturated carbocycles. The Morgan fingerprint density at radius 1 is 1.00 bits per heavy atom. The monoisotopic (exact) mass is 311 g/mol. The van der Waals surface area contributed by atoms with E-state index in [9.17, 15) is 16.8 Å². The number of nitrogens with zero attached hydrogens (tertiary/aromatic N) is 1. The Bertz CT molecular complexity index is 606. The maximum Gasteiger partial charge on any atom is 0.242 e. The van der Waals surface area contributed by atoms with Crippen LogP contribution in [0, 0.1) is 0 Å². The summed E-state index contributed by atoms with van der Waals surface area (Å²) < 4.78 is 48.0. The lowest BCUT2D eigenvalue weighted by molar-refractivity contribution is 0.520. The van der Waals surface area contributed by atoms with E-state index in [4.69, 9.17) is 11.6 Å². The van der Waals surface area contributed by atoms with E-state index in [0.717, 1.165) is 4.31 Å². The molecule has 0 aromatic heterocycles. The molecule has 18 heavy (non-hydrogen) atoms. The largest absolute Gasteiger partial charge is 0.242 e. The average molecular weight is 312 g/mol. The Morgan fingerprint density at radius 2 is 1.44 bits per heavy atom. The van der Waals surface area contributed by atoms with Crippen LogP contribution in [-0.4, -0.2) is 46.9 Å². The van der Waals surface area contributed by atoms with Crippen molar-refractivity contribution in [1.29, 1.82) is 0 Å². The van der Waals surface area contributed by atoms with Crippen molar-refractivity contribution < 1.29 is 16.8 Å². The molecule has 0 fully saturated rings. The molecule has 1 aromatic carbocycles. The molecule has 0 saturated heterocycles. The van der Waals surface area contributed by atoms with Gasteiger partial charge < -0.3 is 0 Å². The van der Waals surface area contributed by atoms with Crippen molar-refractivity contribution in [2.45, 2.75) is 9.79 Å². The summed E-state index contributed by atoms with van der Waals surface area (Å²) in [6.07, 6.45) is 0. The fourth-order valence-electron chi connectivity index (χ4n) is 1.25. The molecule has 1 aromatic rings. The van der Waals surface area contributed by atoms with Crippen LogP contribution in [0.25, 0.3) is 0 Å². The first kappa shape index (κ1) is 15.4. The molecule has 0 N–H and O–H groups in total. The number of rotatable bonds is 5. The second-order valence-corrected chi connectivity index (χ2v) is 8.41. The van der Waals surface area contributed by atoms with E-state index in [2.05, 4.69) is 0 Å². The Morgan fingerprint density at radius 3 is 1.83 bits per heavy atom. The van der Waals surface area contributed by atoms with Crippen molar-refractivity contribution in [3.05, 3.63) is 24.3 Å². The molecule has 0 atom stereocenters. The van der Waals surface area contributed by atoms with Gasteiger partial charge in [0.05, 0.1) is 15.5 Å². The number of benzene rings is 1. The molecule has 102 valence electrons. The molecular formula is C10H14ClNO4S2.